The molecule has 2 aromatic carbocycles. The Kier molecular flexibility index (Phi) is 13.1. The van der Waals surface area contributed by atoms with Gasteiger partial charge in [-0.05, 0) is 63.2 Å². The van der Waals surface area contributed by atoms with E-state index in [1.807, 2.05) is 54.6 Å². The molecule has 0 bridgehead atoms. The lowest BCUT2D eigenvalue weighted by Crippen LogP contribution is -2.44. The number of nitrogens with zero attached hydrogens (tertiary/aromatic N) is 5. The van der Waals surface area contributed by atoms with Gasteiger partial charge in [-0.25, -0.2) is 4.98 Å². The number of aliphatic hydroxyl groups is 2. The highest BCUT2D eigenvalue weighted by molar-refractivity contribution is 8.14. The summed E-state index contributed by atoms with van der Waals surface area (Å²) >= 11 is 0. The van der Waals surface area contributed by atoms with Gasteiger partial charge in [-0.15, -0.1) is 5.11 Å². The summed E-state index contributed by atoms with van der Waals surface area (Å²) in [6, 6.07) is 21.2. The summed E-state index contributed by atoms with van der Waals surface area (Å²) in [5.74, 6) is 6.11. The Morgan fingerprint density at radius 3 is 2.38 bits per heavy atom. The highest BCUT2D eigenvalue weighted by atomic mass is 32.2. The maximum atomic E-state index is 9.82. The number of hydrogen-bond acceptors (Lipinski definition) is 10. The van der Waals surface area contributed by atoms with Gasteiger partial charge in [0.2, 0.25) is 0 Å². The van der Waals surface area contributed by atoms with Crippen LogP contribution >= 0.6 is 10.5 Å². The van der Waals surface area contributed by atoms with Gasteiger partial charge in [0.25, 0.3) is 0 Å². The molecule has 0 amide bonds. The lowest BCUT2D eigenvalue weighted by molar-refractivity contribution is 0.0992. The molecule has 10 nitrogen and oxygen atoms in total. The lowest BCUT2D eigenvalue weighted by Gasteiger charge is -2.35. The van der Waals surface area contributed by atoms with Gasteiger partial charge < -0.3 is 25.6 Å². The number of anilines is 3. The Bertz CT molecular complexity index is 1350. The van der Waals surface area contributed by atoms with Crippen LogP contribution in [-0.4, -0.2) is 83.3 Å². The van der Waals surface area contributed by atoms with Crippen LogP contribution in [0.1, 0.15) is 26.3 Å². The predicted molar refractivity (Wildman–Crippen MR) is 172 cm³/mol. The van der Waals surface area contributed by atoms with Gasteiger partial charge in [-0.2, -0.15) is 20.9 Å². The first-order valence-corrected chi connectivity index (χ1v) is 15.4. The molecule has 224 valence electrons. The number of rotatable bonds is 16. The maximum absolute atomic E-state index is 9.82. The molecular weight excluding hydrogens is 550 g/mol. The molecule has 1 atom stereocenters. The zero-order valence-electron chi connectivity index (χ0n) is 24.6. The third-order valence-corrected chi connectivity index (χ3v) is 7.92. The van der Waals surface area contributed by atoms with E-state index >= 15 is 0 Å². The van der Waals surface area contributed by atoms with Crippen molar-refractivity contribution < 1.29 is 14.9 Å². The molecule has 0 saturated carbocycles. The number of aromatic nitrogens is 1. The van der Waals surface area contributed by atoms with E-state index in [9.17, 15) is 10.4 Å². The fourth-order valence-electron chi connectivity index (χ4n) is 4.01. The number of nitrogens with one attached hydrogen (secondary N) is 2. The first-order valence-electron chi connectivity index (χ1n) is 13.8. The maximum Gasteiger partial charge on any atom is 0.156 e. The minimum Gasteiger partial charge on any atom is -0.395 e. The molecule has 0 fully saturated rings. The van der Waals surface area contributed by atoms with E-state index in [2.05, 4.69) is 63.5 Å². The largest absolute Gasteiger partial charge is 0.395 e. The van der Waals surface area contributed by atoms with Gasteiger partial charge >= 0.3 is 0 Å². The number of β-amino-alcohol motifs (C(OH)–C–C–N with tert-alkyl or cyclic N) is 1. The molecule has 0 spiro atoms. The number of pyridine rings is 1. The van der Waals surface area contributed by atoms with Gasteiger partial charge in [0.15, 0.2) is 11.6 Å². The number of azo groups is 1. The fourth-order valence-corrected chi connectivity index (χ4v) is 5.21. The fraction of sp³-hybridized carbons (Fsp3) is 0.387. The smallest absolute Gasteiger partial charge is 0.156 e. The monoisotopic (exact) mass is 591 g/mol. The molecule has 1 heterocycles. The van der Waals surface area contributed by atoms with Crippen molar-refractivity contribution in [3.8, 4) is 6.07 Å². The molecule has 0 aliphatic rings. The normalized spacial score (nSPS) is 12.4. The van der Waals surface area contributed by atoms with Crippen molar-refractivity contribution in [3.63, 3.8) is 0 Å². The number of ether oxygens (including phenoxy) is 1. The Hall–Kier alpha value is -3.66. The van der Waals surface area contributed by atoms with E-state index in [0.717, 1.165) is 22.9 Å². The second-order valence-corrected chi connectivity index (χ2v) is 12.3. The molecule has 1 aromatic heterocycles. The van der Waals surface area contributed by atoms with E-state index in [0.29, 0.717) is 48.3 Å². The van der Waals surface area contributed by atoms with E-state index in [1.54, 1.807) is 6.07 Å². The molecule has 0 aliphatic carbocycles. The summed E-state index contributed by atoms with van der Waals surface area (Å²) in [5, 5.41) is 43.4. The predicted octanol–water partition coefficient (Wildman–Crippen LogP) is 5.69. The number of nitriles is 1. The third kappa shape index (κ3) is 10.3. The van der Waals surface area contributed by atoms with Crippen molar-refractivity contribution in [3.05, 3.63) is 66.2 Å². The zero-order chi connectivity index (χ0) is 30.4. The summed E-state index contributed by atoms with van der Waals surface area (Å²) < 4.78 is 5.35. The summed E-state index contributed by atoms with van der Waals surface area (Å²) in [6.07, 6.45) is 0. The number of hydrogen-bond donors (Lipinski definition) is 4. The minimum absolute atomic E-state index is 0.0204. The standard InChI is InChI=1S/C31H41N7O3S/c1-31(2,3)38(15-17-39)16-21-42(4)27-12-10-26(11-13-27)36-37-28-22-24(23-32)29(34-25-8-6-5-7-9-25)35-30(28)33-14-19-41-20-18-40/h5-13,22,39-40H,4,14-21H2,1-3H3,(H2,33,34,35). The van der Waals surface area contributed by atoms with Crippen molar-refractivity contribution >= 4 is 45.1 Å². The Morgan fingerprint density at radius 2 is 1.74 bits per heavy atom. The molecule has 42 heavy (non-hydrogen) atoms. The van der Waals surface area contributed by atoms with Gasteiger partial charge in [0, 0.05) is 41.5 Å². The topological polar surface area (TPSA) is 138 Å². The van der Waals surface area contributed by atoms with E-state index in [4.69, 9.17) is 9.84 Å². The first-order chi connectivity index (χ1) is 20.2. The lowest BCUT2D eigenvalue weighted by atomic mass is 10.1. The molecule has 0 radical (unpaired) electrons. The van der Waals surface area contributed by atoms with Gasteiger partial charge in [0.1, 0.15) is 11.8 Å². The molecule has 0 saturated heterocycles. The summed E-state index contributed by atoms with van der Waals surface area (Å²) in [6.45, 7) is 9.06. The van der Waals surface area contributed by atoms with Crippen LogP contribution in [0.5, 0.6) is 0 Å². The molecule has 1 unspecified atom stereocenters. The molecule has 3 aromatic rings. The van der Waals surface area contributed by atoms with Crippen molar-refractivity contribution in [1.82, 2.24) is 9.88 Å². The molecule has 0 aliphatic heterocycles. The molecule has 4 N–H and O–H groups in total. The van der Waals surface area contributed by atoms with Crippen LogP contribution < -0.4 is 10.6 Å². The third-order valence-electron chi connectivity index (χ3n) is 6.30. The highest BCUT2D eigenvalue weighted by Crippen LogP contribution is 2.32. The van der Waals surface area contributed by atoms with Crippen LogP contribution in [0.25, 0.3) is 0 Å². The Morgan fingerprint density at radius 1 is 1.00 bits per heavy atom. The Labute approximate surface area is 251 Å². The van der Waals surface area contributed by atoms with Crippen LogP contribution in [0.3, 0.4) is 0 Å². The van der Waals surface area contributed by atoms with E-state index in [1.165, 1.54) is 0 Å². The second-order valence-electron chi connectivity index (χ2n) is 10.4. The first kappa shape index (κ1) is 32.8. The second kappa shape index (κ2) is 16.7. The number of para-hydroxylation sites is 1. The van der Waals surface area contributed by atoms with Crippen molar-refractivity contribution in [2.24, 2.45) is 10.2 Å². The summed E-state index contributed by atoms with van der Waals surface area (Å²) in [4.78, 5) is 8.04. The average molecular weight is 592 g/mol. The van der Waals surface area contributed by atoms with Crippen LogP contribution in [0, 0.1) is 11.3 Å². The molecule has 11 heteroatoms. The van der Waals surface area contributed by atoms with Crippen LogP contribution in [0.2, 0.25) is 0 Å². The number of benzene rings is 2. The van der Waals surface area contributed by atoms with Gasteiger partial charge in [0.05, 0.1) is 37.7 Å². The van der Waals surface area contributed by atoms with Crippen LogP contribution in [0.4, 0.5) is 28.7 Å². The molecule has 3 rings (SSSR count). The Balaban J connectivity index is 1.76. The van der Waals surface area contributed by atoms with Crippen LogP contribution in [-0.2, 0) is 4.74 Å². The van der Waals surface area contributed by atoms with Crippen LogP contribution in [0.15, 0.2) is 75.8 Å². The van der Waals surface area contributed by atoms with Crippen molar-refractivity contribution in [2.45, 2.75) is 31.2 Å². The minimum atomic E-state index is -0.211. The van der Waals surface area contributed by atoms with E-state index < -0.39 is 0 Å². The highest BCUT2D eigenvalue weighted by Gasteiger charge is 2.20. The van der Waals surface area contributed by atoms with Gasteiger partial charge in [-0.3, -0.25) is 4.90 Å². The average Bonchev–Trinajstić information content (AvgIpc) is 2.98. The SMILES string of the molecule is C=S(CCN(CCO)C(C)(C)C)c1ccc(N=Nc2cc(C#N)c(Nc3ccccc3)nc2NCCOCCO)cc1. The van der Waals surface area contributed by atoms with Crippen molar-refractivity contribution in [2.75, 3.05) is 62.4 Å². The van der Waals surface area contributed by atoms with E-state index in [-0.39, 0.29) is 35.8 Å². The molecular formula is C31H41N7O3S. The summed E-state index contributed by atoms with van der Waals surface area (Å²) in [5.41, 5.74) is 2.19. The van der Waals surface area contributed by atoms with Crippen molar-refractivity contribution in [1.29, 1.82) is 5.26 Å². The van der Waals surface area contributed by atoms with Gasteiger partial charge in [-0.1, -0.05) is 24.1 Å². The quantitative estimate of drug-likeness (QED) is 0.0947. The number of aliphatic hydroxyl groups excluding tert-OH is 2. The zero-order valence-corrected chi connectivity index (χ0v) is 25.4. The summed E-state index contributed by atoms with van der Waals surface area (Å²) in [7, 11) is -0.211.